The number of carbonyl (C=O) groups excluding carboxylic acids is 1. The number of hydrogen-bond acceptors (Lipinski definition) is 8. The number of phosphoric ester groups is 1. The second kappa shape index (κ2) is 46.4. The van der Waals surface area contributed by atoms with Crippen LogP contribution in [-0.2, 0) is 32.7 Å². The fourth-order valence-corrected chi connectivity index (χ4v) is 8.06. The molecule has 0 aliphatic carbocycles. The van der Waals surface area contributed by atoms with Gasteiger partial charge in [-0.1, -0.05) is 218 Å². The summed E-state index contributed by atoms with van der Waals surface area (Å²) in [5.74, 6) is -1.77. The molecule has 360 valence electrons. The van der Waals surface area contributed by atoms with Crippen molar-refractivity contribution in [3.63, 3.8) is 0 Å². The van der Waals surface area contributed by atoms with Gasteiger partial charge in [0.2, 0.25) is 0 Å². The lowest BCUT2D eigenvalue weighted by Gasteiger charge is -2.20. The summed E-state index contributed by atoms with van der Waals surface area (Å²) >= 11 is 0. The number of ether oxygens (including phenoxy) is 2. The molecule has 0 fully saturated rings. The van der Waals surface area contributed by atoms with E-state index in [0.29, 0.717) is 13.0 Å². The van der Waals surface area contributed by atoms with Gasteiger partial charge in [0.1, 0.15) is 12.1 Å². The van der Waals surface area contributed by atoms with Gasteiger partial charge < -0.3 is 25.2 Å². The lowest BCUT2D eigenvalue weighted by Crippen LogP contribution is -2.34. The Morgan fingerprint density at radius 2 is 0.902 bits per heavy atom. The van der Waals surface area contributed by atoms with E-state index in [-0.39, 0.29) is 13.0 Å². The molecule has 0 aliphatic rings. The molecule has 3 atom stereocenters. The van der Waals surface area contributed by atoms with Crippen molar-refractivity contribution >= 4 is 19.8 Å². The number of carboxylic acids is 1. The zero-order valence-electron chi connectivity index (χ0n) is 39.5. The molecule has 3 unspecified atom stereocenters. The van der Waals surface area contributed by atoms with Crippen LogP contribution in [-0.4, -0.2) is 60.5 Å². The summed E-state index contributed by atoms with van der Waals surface area (Å²) in [7, 11) is -4.62. The quantitative estimate of drug-likeness (QED) is 0.0233. The Hall–Kier alpha value is -1.55. The number of hydrogen-bond donors (Lipinski definition) is 3. The monoisotopic (exact) mass is 886 g/mol. The van der Waals surface area contributed by atoms with E-state index in [1.54, 1.807) is 0 Å². The van der Waals surface area contributed by atoms with E-state index < -0.39 is 45.1 Å². The number of allylic oxidation sites excluding steroid dienone is 4. The van der Waals surface area contributed by atoms with Crippen molar-refractivity contribution in [1.29, 1.82) is 0 Å². The molecule has 0 aliphatic heterocycles. The van der Waals surface area contributed by atoms with Crippen LogP contribution in [0.5, 0.6) is 0 Å². The van der Waals surface area contributed by atoms with Gasteiger partial charge in [-0.2, -0.15) is 0 Å². The Morgan fingerprint density at radius 1 is 0.525 bits per heavy atom. The van der Waals surface area contributed by atoms with E-state index in [4.69, 9.17) is 29.4 Å². The lowest BCUT2D eigenvalue weighted by molar-refractivity contribution is -0.154. The van der Waals surface area contributed by atoms with E-state index in [1.807, 2.05) is 0 Å². The summed E-state index contributed by atoms with van der Waals surface area (Å²) in [4.78, 5) is 33.7. The number of rotatable bonds is 49. The first kappa shape index (κ1) is 59.5. The number of esters is 1. The van der Waals surface area contributed by atoms with E-state index in [2.05, 4.69) is 38.2 Å². The maximum absolute atomic E-state index is 12.7. The zero-order chi connectivity index (χ0) is 44.8. The van der Waals surface area contributed by atoms with Crippen LogP contribution in [0.3, 0.4) is 0 Å². The minimum atomic E-state index is -4.62. The summed E-state index contributed by atoms with van der Waals surface area (Å²) in [5, 5.41) is 8.92. The molecule has 0 heterocycles. The number of unbranched alkanes of at least 4 members (excludes halogenated alkanes) is 31. The molecule has 4 N–H and O–H groups in total. The van der Waals surface area contributed by atoms with Crippen molar-refractivity contribution in [1.82, 2.24) is 0 Å². The SMILES string of the molecule is CCCCCC/C=C\C/C=C\CCCCCCCCOCC(COP(=O)(O)OCC(N)C(=O)O)OC(=O)CCCCCCCCCCCCCCCCCCCCCCCC. The van der Waals surface area contributed by atoms with Gasteiger partial charge in [-0.3, -0.25) is 18.6 Å². The van der Waals surface area contributed by atoms with E-state index >= 15 is 0 Å². The Balaban J connectivity index is 4.12. The largest absolute Gasteiger partial charge is 0.480 e. The summed E-state index contributed by atoms with van der Waals surface area (Å²) in [6.45, 7) is 3.89. The van der Waals surface area contributed by atoms with E-state index in [1.165, 1.54) is 173 Å². The third kappa shape index (κ3) is 46.3. The molecule has 0 rings (SSSR count). The van der Waals surface area contributed by atoms with E-state index in [0.717, 1.165) is 44.9 Å². The Morgan fingerprint density at radius 3 is 1.34 bits per heavy atom. The molecule has 0 aromatic carbocycles. The second-order valence-corrected chi connectivity index (χ2v) is 18.8. The minimum Gasteiger partial charge on any atom is -0.480 e. The third-order valence-corrected chi connectivity index (χ3v) is 12.2. The Bertz CT molecular complexity index is 1070. The van der Waals surface area contributed by atoms with Gasteiger partial charge in [-0.15, -0.1) is 0 Å². The van der Waals surface area contributed by atoms with Gasteiger partial charge in [0.15, 0.2) is 0 Å². The molecule has 0 saturated heterocycles. The maximum Gasteiger partial charge on any atom is 0.472 e. The molecule has 61 heavy (non-hydrogen) atoms. The molecule has 10 nitrogen and oxygen atoms in total. The number of nitrogens with two attached hydrogens (primary N) is 1. The first-order chi connectivity index (χ1) is 29.7. The maximum atomic E-state index is 12.7. The third-order valence-electron chi connectivity index (χ3n) is 11.2. The van der Waals surface area contributed by atoms with Gasteiger partial charge in [-0.05, 0) is 44.9 Å². The van der Waals surface area contributed by atoms with Crippen LogP contribution >= 0.6 is 7.82 Å². The molecular weight excluding hydrogens is 790 g/mol. The molecule has 0 bridgehead atoms. The van der Waals surface area contributed by atoms with Crippen molar-refractivity contribution in [3.05, 3.63) is 24.3 Å². The van der Waals surface area contributed by atoms with Gasteiger partial charge in [0, 0.05) is 13.0 Å². The van der Waals surface area contributed by atoms with Crippen molar-refractivity contribution in [2.75, 3.05) is 26.4 Å². The summed E-state index contributed by atoms with van der Waals surface area (Å²) < 4.78 is 33.5. The van der Waals surface area contributed by atoms with Crippen LogP contribution in [0, 0.1) is 0 Å². The van der Waals surface area contributed by atoms with Crippen LogP contribution < -0.4 is 5.73 Å². The van der Waals surface area contributed by atoms with Crippen molar-refractivity contribution in [2.45, 2.75) is 257 Å². The van der Waals surface area contributed by atoms with Gasteiger partial charge >= 0.3 is 19.8 Å². The Labute approximate surface area is 374 Å². The highest BCUT2D eigenvalue weighted by atomic mass is 31.2. The minimum absolute atomic E-state index is 0.0140. The number of carboxylic acid groups (broad SMARTS) is 1. The molecule has 0 aromatic heterocycles. The zero-order valence-corrected chi connectivity index (χ0v) is 40.4. The van der Waals surface area contributed by atoms with Crippen molar-refractivity contribution in [2.24, 2.45) is 5.73 Å². The van der Waals surface area contributed by atoms with Crippen LogP contribution in [0.15, 0.2) is 24.3 Å². The molecule has 0 saturated carbocycles. The van der Waals surface area contributed by atoms with Crippen LogP contribution in [0.1, 0.15) is 245 Å². The molecule has 0 spiro atoms. The number of aliphatic carboxylic acids is 1. The van der Waals surface area contributed by atoms with Crippen LogP contribution in [0.2, 0.25) is 0 Å². The molecule has 0 amide bonds. The first-order valence-electron chi connectivity index (χ1n) is 25.4. The van der Waals surface area contributed by atoms with Crippen LogP contribution in [0.25, 0.3) is 0 Å². The summed E-state index contributed by atoms with van der Waals surface area (Å²) in [6, 6.07) is -1.47. The topological polar surface area (TPSA) is 155 Å². The highest BCUT2D eigenvalue weighted by Crippen LogP contribution is 2.43. The standard InChI is InChI=1S/C50H96NO9P/c1-3-5-7-9-11-13-15-17-19-21-22-23-24-25-26-28-30-32-34-36-38-40-42-49(52)60-47(45-58-61(55,56)59-46-48(51)50(53)54)44-57-43-41-39-37-35-33-31-29-27-20-18-16-14-12-10-8-6-4-2/h14,16,20,27,47-48H,3-13,15,17-19,21-26,28-46,51H2,1-2H3,(H,53,54)(H,55,56)/b16-14-,27-20-. The normalized spacial score (nSPS) is 13.9. The molecule has 0 radical (unpaired) electrons. The lowest BCUT2D eigenvalue weighted by atomic mass is 10.0. The van der Waals surface area contributed by atoms with E-state index in [9.17, 15) is 19.0 Å². The summed E-state index contributed by atoms with van der Waals surface area (Å²) in [6.07, 6.45) is 52.3. The molecule has 11 heteroatoms. The second-order valence-electron chi connectivity index (χ2n) is 17.3. The average Bonchev–Trinajstić information content (AvgIpc) is 3.24. The first-order valence-corrected chi connectivity index (χ1v) is 26.9. The highest BCUT2D eigenvalue weighted by molar-refractivity contribution is 7.47. The number of phosphoric acid groups is 1. The average molecular weight is 886 g/mol. The van der Waals surface area contributed by atoms with Gasteiger partial charge in [0.25, 0.3) is 0 Å². The molecular formula is C50H96NO9P. The van der Waals surface area contributed by atoms with Crippen LogP contribution in [0.4, 0.5) is 0 Å². The predicted molar refractivity (Wildman–Crippen MR) is 254 cm³/mol. The van der Waals surface area contributed by atoms with Gasteiger partial charge in [-0.25, -0.2) is 4.57 Å². The van der Waals surface area contributed by atoms with Crippen molar-refractivity contribution in [3.8, 4) is 0 Å². The highest BCUT2D eigenvalue weighted by Gasteiger charge is 2.27. The fraction of sp³-hybridized carbons (Fsp3) is 0.880. The number of carbonyl (C=O) groups is 2. The van der Waals surface area contributed by atoms with Crippen molar-refractivity contribution < 1.29 is 42.7 Å². The fourth-order valence-electron chi connectivity index (χ4n) is 7.28. The predicted octanol–water partition coefficient (Wildman–Crippen LogP) is 14.7. The Kier molecular flexibility index (Phi) is 45.3. The summed E-state index contributed by atoms with van der Waals surface area (Å²) in [5.41, 5.74) is 5.37. The van der Waals surface area contributed by atoms with Gasteiger partial charge in [0.05, 0.1) is 19.8 Å². The molecule has 0 aromatic rings. The smallest absolute Gasteiger partial charge is 0.472 e.